The molecule has 1 saturated heterocycles. The monoisotopic (exact) mass is 399 g/mol. The van der Waals surface area contributed by atoms with Gasteiger partial charge in [-0.3, -0.25) is 9.69 Å². The molecular weight excluding hydrogens is 370 g/mol. The lowest BCUT2D eigenvalue weighted by atomic mass is 9.98. The second kappa shape index (κ2) is 8.55. The van der Waals surface area contributed by atoms with Gasteiger partial charge >= 0.3 is 0 Å². The van der Waals surface area contributed by atoms with Crippen LogP contribution in [-0.4, -0.2) is 54.4 Å². The van der Waals surface area contributed by atoms with Crippen LogP contribution in [0.5, 0.6) is 11.5 Å². The predicted octanol–water partition coefficient (Wildman–Crippen LogP) is 2.24. The summed E-state index contributed by atoms with van der Waals surface area (Å²) in [6.45, 7) is 3.69. The van der Waals surface area contributed by atoms with E-state index in [4.69, 9.17) is 14.2 Å². The van der Waals surface area contributed by atoms with E-state index in [0.29, 0.717) is 31.1 Å². The topological polar surface area (TPSA) is 76.7 Å². The van der Waals surface area contributed by atoms with Gasteiger partial charge in [-0.2, -0.15) is 0 Å². The second-order valence-corrected chi connectivity index (χ2v) is 7.87. The van der Waals surface area contributed by atoms with Gasteiger partial charge in [-0.05, 0) is 43.9 Å². The largest absolute Gasteiger partial charge is 0.493 e. The molecule has 0 radical (unpaired) electrons. The van der Waals surface area contributed by atoms with Gasteiger partial charge in [0.05, 0.1) is 19.4 Å². The lowest BCUT2D eigenvalue weighted by Gasteiger charge is -2.28. The summed E-state index contributed by atoms with van der Waals surface area (Å²) in [5.41, 5.74) is 3.05. The first kappa shape index (κ1) is 19.9. The molecule has 1 aromatic heterocycles. The quantitative estimate of drug-likeness (QED) is 0.720. The average molecular weight is 399 g/mol. The number of rotatable bonds is 7. The molecule has 0 aliphatic carbocycles. The standard InChI is InChI=1S/C22H29N3O4/c1-14-23-19-12-17-6-5-16(11-18(19)22(26)24-14)25(17)13-15-4-7-20(28-3)21(10-15)29-9-8-27-2/h4,7,10,16-17H,5-6,8-9,11-13H2,1-3H3,(H,23,24,26)/t16-,17+/m1/s1. The van der Waals surface area contributed by atoms with Crippen molar-refractivity contribution in [1.82, 2.24) is 14.9 Å². The highest BCUT2D eigenvalue weighted by Gasteiger charge is 2.38. The van der Waals surface area contributed by atoms with Gasteiger partial charge in [0.2, 0.25) is 0 Å². The van der Waals surface area contributed by atoms with Crippen LogP contribution in [-0.2, 0) is 24.1 Å². The number of hydrogen-bond donors (Lipinski definition) is 1. The minimum atomic E-state index is 0.0262. The molecule has 7 heteroatoms. The van der Waals surface area contributed by atoms with Crippen LogP contribution in [0.25, 0.3) is 0 Å². The predicted molar refractivity (Wildman–Crippen MR) is 110 cm³/mol. The molecule has 2 aliphatic rings. The van der Waals surface area contributed by atoms with Gasteiger partial charge in [-0.15, -0.1) is 0 Å². The Labute approximate surface area is 171 Å². The number of ether oxygens (including phenoxy) is 3. The van der Waals surface area contributed by atoms with E-state index in [1.165, 1.54) is 5.56 Å². The maximum atomic E-state index is 12.5. The zero-order valence-corrected chi connectivity index (χ0v) is 17.4. The van der Waals surface area contributed by atoms with E-state index in [2.05, 4.69) is 27.0 Å². The van der Waals surface area contributed by atoms with Crippen molar-refractivity contribution in [2.24, 2.45) is 0 Å². The first-order chi connectivity index (χ1) is 14.1. The number of aromatic amines is 1. The van der Waals surface area contributed by atoms with Gasteiger partial charge in [-0.25, -0.2) is 4.98 Å². The third kappa shape index (κ3) is 4.16. The summed E-state index contributed by atoms with van der Waals surface area (Å²) in [6.07, 6.45) is 3.86. The third-order valence-electron chi connectivity index (χ3n) is 6.00. The molecule has 2 bridgehead atoms. The second-order valence-electron chi connectivity index (χ2n) is 7.87. The zero-order valence-electron chi connectivity index (χ0n) is 17.4. The molecular formula is C22H29N3O4. The van der Waals surface area contributed by atoms with Crippen molar-refractivity contribution >= 4 is 0 Å². The maximum Gasteiger partial charge on any atom is 0.254 e. The number of nitrogens with zero attached hydrogens (tertiary/aromatic N) is 2. The van der Waals surface area contributed by atoms with Crippen molar-refractivity contribution in [3.05, 3.63) is 51.2 Å². The first-order valence-electron chi connectivity index (χ1n) is 10.2. The third-order valence-corrected chi connectivity index (χ3v) is 6.00. The molecule has 0 saturated carbocycles. The fraction of sp³-hybridized carbons (Fsp3) is 0.545. The Morgan fingerprint density at radius 3 is 2.69 bits per heavy atom. The molecule has 0 spiro atoms. The van der Waals surface area contributed by atoms with Gasteiger partial charge in [0.25, 0.3) is 5.56 Å². The fourth-order valence-corrected chi connectivity index (χ4v) is 4.60. The number of H-pyrrole nitrogens is 1. The van der Waals surface area contributed by atoms with Crippen LogP contribution in [0.3, 0.4) is 0 Å². The van der Waals surface area contributed by atoms with E-state index in [1.54, 1.807) is 14.2 Å². The molecule has 2 aliphatic heterocycles. The zero-order chi connectivity index (χ0) is 20.4. The normalized spacial score (nSPS) is 20.9. The summed E-state index contributed by atoms with van der Waals surface area (Å²) in [6, 6.07) is 6.89. The van der Waals surface area contributed by atoms with Crippen LogP contribution >= 0.6 is 0 Å². The van der Waals surface area contributed by atoms with E-state index >= 15 is 0 Å². The smallest absolute Gasteiger partial charge is 0.254 e. The van der Waals surface area contributed by atoms with E-state index in [1.807, 2.05) is 13.0 Å². The molecule has 2 aromatic rings. The molecule has 3 heterocycles. The Balaban J connectivity index is 1.55. The van der Waals surface area contributed by atoms with E-state index < -0.39 is 0 Å². The average Bonchev–Trinajstić information content (AvgIpc) is 2.97. The van der Waals surface area contributed by atoms with E-state index in [0.717, 1.165) is 55.0 Å². The molecule has 0 unspecified atom stereocenters. The van der Waals surface area contributed by atoms with Crippen molar-refractivity contribution in [1.29, 1.82) is 0 Å². The Morgan fingerprint density at radius 2 is 1.93 bits per heavy atom. The highest BCUT2D eigenvalue weighted by Crippen LogP contribution is 2.35. The number of benzene rings is 1. The van der Waals surface area contributed by atoms with Crippen molar-refractivity contribution in [2.45, 2.75) is 51.2 Å². The lowest BCUT2D eigenvalue weighted by molar-refractivity contribution is 0.144. The Morgan fingerprint density at radius 1 is 1.14 bits per heavy atom. The minimum absolute atomic E-state index is 0.0262. The Bertz CT molecular complexity index is 927. The van der Waals surface area contributed by atoms with Crippen LogP contribution in [0.2, 0.25) is 0 Å². The van der Waals surface area contributed by atoms with Crippen molar-refractivity contribution in [3.63, 3.8) is 0 Å². The molecule has 7 nitrogen and oxygen atoms in total. The molecule has 1 fully saturated rings. The van der Waals surface area contributed by atoms with Crippen LogP contribution in [0.4, 0.5) is 0 Å². The number of fused-ring (bicyclic) bond motifs is 3. The Kier molecular flexibility index (Phi) is 5.87. The highest BCUT2D eigenvalue weighted by atomic mass is 16.5. The molecule has 29 heavy (non-hydrogen) atoms. The van der Waals surface area contributed by atoms with Gasteiger partial charge < -0.3 is 19.2 Å². The molecule has 2 atom stereocenters. The summed E-state index contributed by atoms with van der Waals surface area (Å²) < 4.78 is 16.4. The first-order valence-corrected chi connectivity index (χ1v) is 10.2. The summed E-state index contributed by atoms with van der Waals surface area (Å²) in [7, 11) is 3.31. The minimum Gasteiger partial charge on any atom is -0.493 e. The van der Waals surface area contributed by atoms with Crippen molar-refractivity contribution in [2.75, 3.05) is 27.4 Å². The maximum absolute atomic E-state index is 12.5. The molecule has 1 aromatic carbocycles. The van der Waals surface area contributed by atoms with E-state index in [-0.39, 0.29) is 5.56 Å². The van der Waals surface area contributed by atoms with Crippen molar-refractivity contribution in [3.8, 4) is 11.5 Å². The lowest BCUT2D eigenvalue weighted by Crippen LogP contribution is -2.36. The van der Waals surface area contributed by atoms with Crippen molar-refractivity contribution < 1.29 is 14.2 Å². The number of methoxy groups -OCH3 is 2. The Hall–Kier alpha value is -2.38. The molecule has 4 rings (SSSR count). The summed E-state index contributed by atoms with van der Waals surface area (Å²) in [4.78, 5) is 22.5. The number of nitrogens with one attached hydrogen (secondary N) is 1. The molecule has 1 N–H and O–H groups in total. The fourth-order valence-electron chi connectivity index (χ4n) is 4.60. The van der Waals surface area contributed by atoms with Crippen LogP contribution in [0, 0.1) is 6.92 Å². The van der Waals surface area contributed by atoms with Crippen LogP contribution < -0.4 is 15.0 Å². The summed E-state index contributed by atoms with van der Waals surface area (Å²) in [5, 5.41) is 0. The SMILES string of the molecule is COCCOc1cc(CN2[C@@H]3CC[C@H]2Cc2nc(C)[nH]c(=O)c2C3)ccc1OC. The number of hydrogen-bond acceptors (Lipinski definition) is 6. The summed E-state index contributed by atoms with van der Waals surface area (Å²) >= 11 is 0. The van der Waals surface area contributed by atoms with Crippen LogP contribution in [0.1, 0.15) is 35.5 Å². The van der Waals surface area contributed by atoms with Gasteiger partial charge in [0.1, 0.15) is 12.4 Å². The van der Waals surface area contributed by atoms with E-state index in [9.17, 15) is 4.79 Å². The molecule has 156 valence electrons. The number of aryl methyl sites for hydroxylation is 1. The summed E-state index contributed by atoms with van der Waals surface area (Å²) in [5.74, 6) is 2.16. The van der Waals surface area contributed by atoms with Gasteiger partial charge in [0, 0.05) is 37.7 Å². The molecule has 0 amide bonds. The number of aromatic nitrogens is 2. The van der Waals surface area contributed by atoms with Gasteiger partial charge in [-0.1, -0.05) is 6.07 Å². The van der Waals surface area contributed by atoms with Crippen LogP contribution in [0.15, 0.2) is 23.0 Å². The highest BCUT2D eigenvalue weighted by molar-refractivity contribution is 5.43. The van der Waals surface area contributed by atoms with Gasteiger partial charge in [0.15, 0.2) is 11.5 Å².